The Hall–Kier alpha value is -1.40. The molecule has 0 aliphatic rings. The molecule has 0 atom stereocenters. The van der Waals surface area contributed by atoms with Crippen molar-refractivity contribution >= 4 is 39.9 Å². The Morgan fingerprint density at radius 3 is 3.06 bits per heavy atom. The van der Waals surface area contributed by atoms with E-state index in [0.29, 0.717) is 5.88 Å². The smallest absolute Gasteiger partial charge is 0.193 e. The Morgan fingerprint density at radius 1 is 1.28 bits per heavy atom. The molecule has 0 amide bonds. The van der Waals surface area contributed by atoms with Crippen LogP contribution in [0.4, 0.5) is 0 Å². The van der Waals surface area contributed by atoms with E-state index in [4.69, 9.17) is 11.6 Å². The fraction of sp³-hybridized carbons (Fsp3) is 0.273. The summed E-state index contributed by atoms with van der Waals surface area (Å²) < 4.78 is 1.68. The minimum Gasteiger partial charge on any atom is -0.222 e. The lowest BCUT2D eigenvalue weighted by Crippen LogP contribution is -1.99. The standard InChI is InChI=1S/C11H10ClN5S/c12-6-3-7-18-11-13-9-5-2-1-4-8(9)10-14-15-16-17(10)11/h1-2,4-5H,3,6-7H2. The van der Waals surface area contributed by atoms with E-state index in [1.165, 1.54) is 0 Å². The summed E-state index contributed by atoms with van der Waals surface area (Å²) in [5, 5.41) is 13.5. The van der Waals surface area contributed by atoms with Gasteiger partial charge >= 0.3 is 0 Å². The highest BCUT2D eigenvalue weighted by molar-refractivity contribution is 7.99. The van der Waals surface area contributed by atoms with Crippen LogP contribution in [0.1, 0.15) is 6.42 Å². The number of alkyl halides is 1. The maximum Gasteiger partial charge on any atom is 0.193 e. The number of aromatic nitrogens is 5. The summed E-state index contributed by atoms with van der Waals surface area (Å²) in [5.41, 5.74) is 1.65. The number of tetrazole rings is 1. The van der Waals surface area contributed by atoms with Crippen molar-refractivity contribution in [2.45, 2.75) is 11.6 Å². The predicted molar refractivity (Wildman–Crippen MR) is 72.1 cm³/mol. The number of fused-ring (bicyclic) bond motifs is 3. The van der Waals surface area contributed by atoms with Gasteiger partial charge in [0.15, 0.2) is 10.8 Å². The van der Waals surface area contributed by atoms with Gasteiger partial charge in [-0.05, 0) is 29.0 Å². The second kappa shape index (κ2) is 5.07. The van der Waals surface area contributed by atoms with E-state index in [0.717, 1.165) is 33.9 Å². The van der Waals surface area contributed by atoms with Crippen LogP contribution >= 0.6 is 23.4 Å². The minimum absolute atomic E-state index is 0.652. The number of thioether (sulfide) groups is 1. The fourth-order valence-corrected chi connectivity index (χ4v) is 2.88. The molecule has 0 fully saturated rings. The van der Waals surface area contributed by atoms with E-state index in [1.54, 1.807) is 16.3 Å². The number of halogens is 1. The molecular weight excluding hydrogens is 270 g/mol. The van der Waals surface area contributed by atoms with Crippen LogP contribution in [0.3, 0.4) is 0 Å². The van der Waals surface area contributed by atoms with E-state index >= 15 is 0 Å². The van der Waals surface area contributed by atoms with Gasteiger partial charge in [-0.3, -0.25) is 0 Å². The lowest BCUT2D eigenvalue weighted by molar-refractivity contribution is 0.742. The number of para-hydroxylation sites is 1. The maximum atomic E-state index is 5.68. The Morgan fingerprint density at radius 2 is 2.17 bits per heavy atom. The zero-order valence-electron chi connectivity index (χ0n) is 9.45. The Balaban J connectivity index is 2.13. The summed E-state index contributed by atoms with van der Waals surface area (Å²) in [7, 11) is 0. The molecule has 0 spiro atoms. The molecule has 3 rings (SSSR count). The predicted octanol–water partition coefficient (Wildman–Crippen LogP) is 2.39. The molecule has 5 nitrogen and oxygen atoms in total. The highest BCUT2D eigenvalue weighted by atomic mass is 35.5. The van der Waals surface area contributed by atoms with Crippen LogP contribution in [0.2, 0.25) is 0 Å². The van der Waals surface area contributed by atoms with Gasteiger partial charge in [0.05, 0.1) is 5.52 Å². The largest absolute Gasteiger partial charge is 0.222 e. The average Bonchev–Trinajstić information content (AvgIpc) is 2.89. The maximum absolute atomic E-state index is 5.68. The third-order valence-corrected chi connectivity index (χ3v) is 3.80. The molecule has 0 aliphatic heterocycles. The normalized spacial score (nSPS) is 11.4. The van der Waals surface area contributed by atoms with Gasteiger partial charge in [0.25, 0.3) is 0 Å². The minimum atomic E-state index is 0.652. The zero-order chi connectivity index (χ0) is 12.4. The first-order valence-electron chi connectivity index (χ1n) is 5.56. The first-order chi connectivity index (χ1) is 8.90. The number of nitrogens with zero attached hydrogens (tertiary/aromatic N) is 5. The highest BCUT2D eigenvalue weighted by Gasteiger charge is 2.10. The van der Waals surface area contributed by atoms with Gasteiger partial charge in [-0.1, -0.05) is 23.9 Å². The van der Waals surface area contributed by atoms with E-state index in [9.17, 15) is 0 Å². The second-order valence-corrected chi connectivity index (χ2v) is 5.16. The molecule has 0 aliphatic carbocycles. The summed E-state index contributed by atoms with van der Waals surface area (Å²) in [4.78, 5) is 4.59. The molecule has 2 heterocycles. The SMILES string of the molecule is ClCCCSc1nc2ccccc2c2nnnn12. The summed E-state index contributed by atoms with van der Waals surface area (Å²) in [5.74, 6) is 1.56. The molecule has 2 aromatic heterocycles. The van der Waals surface area contributed by atoms with Crippen molar-refractivity contribution in [2.24, 2.45) is 0 Å². The fourth-order valence-electron chi connectivity index (χ4n) is 1.71. The van der Waals surface area contributed by atoms with E-state index < -0.39 is 0 Å². The van der Waals surface area contributed by atoms with Gasteiger partial charge in [0.2, 0.25) is 0 Å². The van der Waals surface area contributed by atoms with Crippen LogP contribution in [0.15, 0.2) is 29.4 Å². The van der Waals surface area contributed by atoms with Crippen LogP contribution in [0.5, 0.6) is 0 Å². The molecule has 0 radical (unpaired) electrons. The van der Waals surface area contributed by atoms with Gasteiger partial charge in [-0.15, -0.1) is 16.7 Å². The first-order valence-corrected chi connectivity index (χ1v) is 7.08. The van der Waals surface area contributed by atoms with Gasteiger partial charge in [0.1, 0.15) is 0 Å². The highest BCUT2D eigenvalue weighted by Crippen LogP contribution is 2.22. The Kier molecular flexibility index (Phi) is 3.29. The van der Waals surface area contributed by atoms with Crippen molar-refractivity contribution in [3.63, 3.8) is 0 Å². The summed E-state index contributed by atoms with van der Waals surface area (Å²) in [6, 6.07) is 7.86. The van der Waals surface area contributed by atoms with E-state index in [2.05, 4.69) is 20.5 Å². The lowest BCUT2D eigenvalue weighted by atomic mass is 10.2. The number of hydrogen-bond acceptors (Lipinski definition) is 5. The number of hydrogen-bond donors (Lipinski definition) is 0. The molecule has 92 valence electrons. The number of rotatable bonds is 4. The van der Waals surface area contributed by atoms with Crippen molar-refractivity contribution in [3.8, 4) is 0 Å². The third kappa shape index (κ3) is 2.02. The van der Waals surface area contributed by atoms with Crippen molar-refractivity contribution in [2.75, 3.05) is 11.6 Å². The van der Waals surface area contributed by atoms with Gasteiger partial charge in [0, 0.05) is 17.0 Å². The molecule has 0 saturated heterocycles. The molecule has 0 bridgehead atoms. The molecule has 3 aromatic rings. The van der Waals surface area contributed by atoms with Crippen molar-refractivity contribution in [1.29, 1.82) is 0 Å². The topological polar surface area (TPSA) is 56.0 Å². The summed E-state index contributed by atoms with van der Waals surface area (Å²) in [6.45, 7) is 0. The lowest BCUT2D eigenvalue weighted by Gasteiger charge is -2.04. The van der Waals surface area contributed by atoms with Crippen LogP contribution in [-0.2, 0) is 0 Å². The summed E-state index contributed by atoms with van der Waals surface area (Å²) in [6.07, 6.45) is 0.935. The third-order valence-electron chi connectivity index (χ3n) is 2.52. The first kappa shape index (κ1) is 11.7. The zero-order valence-corrected chi connectivity index (χ0v) is 11.0. The van der Waals surface area contributed by atoms with Gasteiger partial charge in [-0.25, -0.2) is 4.98 Å². The molecule has 0 N–H and O–H groups in total. The average molecular weight is 280 g/mol. The second-order valence-electron chi connectivity index (χ2n) is 3.72. The Bertz CT molecular complexity index is 683. The van der Waals surface area contributed by atoms with Crippen LogP contribution in [0.25, 0.3) is 16.6 Å². The molecule has 0 saturated carbocycles. The summed E-state index contributed by atoms with van der Waals surface area (Å²) >= 11 is 7.30. The van der Waals surface area contributed by atoms with Crippen LogP contribution < -0.4 is 0 Å². The molecule has 0 unspecified atom stereocenters. The quantitative estimate of drug-likeness (QED) is 0.318. The van der Waals surface area contributed by atoms with Crippen LogP contribution in [-0.4, -0.2) is 36.7 Å². The van der Waals surface area contributed by atoms with Gasteiger partial charge < -0.3 is 0 Å². The Labute approximate surface area is 113 Å². The van der Waals surface area contributed by atoms with Crippen molar-refractivity contribution < 1.29 is 0 Å². The van der Waals surface area contributed by atoms with Gasteiger partial charge in [-0.2, -0.15) is 4.52 Å². The molecular formula is C11H10ClN5S. The molecule has 7 heteroatoms. The van der Waals surface area contributed by atoms with E-state index in [-0.39, 0.29) is 0 Å². The molecule has 18 heavy (non-hydrogen) atoms. The van der Waals surface area contributed by atoms with Crippen molar-refractivity contribution in [3.05, 3.63) is 24.3 Å². The van der Waals surface area contributed by atoms with Crippen LogP contribution in [0, 0.1) is 0 Å². The molecule has 1 aromatic carbocycles. The van der Waals surface area contributed by atoms with Crippen molar-refractivity contribution in [1.82, 2.24) is 25.0 Å². The monoisotopic (exact) mass is 279 g/mol. The number of benzene rings is 1. The van der Waals surface area contributed by atoms with E-state index in [1.807, 2.05) is 24.3 Å².